The van der Waals surface area contributed by atoms with E-state index in [1.54, 1.807) is 18.6 Å². The highest BCUT2D eigenvalue weighted by atomic mass is 32.2. The molecule has 0 aliphatic rings. The summed E-state index contributed by atoms with van der Waals surface area (Å²) in [5.41, 5.74) is -0.545. The number of hydrogen-bond acceptors (Lipinski definition) is 2. The zero-order valence-corrected chi connectivity index (χ0v) is 9.32. The number of rotatable bonds is 2. The second-order valence-electron chi connectivity index (χ2n) is 2.56. The molecule has 0 aliphatic carbocycles. The Bertz CT molecular complexity index is 320. The number of alkyl halides is 3. The molecule has 78 valence electrons. The third-order valence-electron chi connectivity index (χ3n) is 1.71. The van der Waals surface area contributed by atoms with Crippen LogP contribution in [0.3, 0.4) is 0 Å². The van der Waals surface area contributed by atoms with Gasteiger partial charge in [-0.15, -0.1) is 23.5 Å². The van der Waals surface area contributed by atoms with Gasteiger partial charge in [-0.05, 0) is 30.7 Å². The van der Waals surface area contributed by atoms with E-state index in [9.17, 15) is 13.2 Å². The molecule has 0 aliphatic heterocycles. The third kappa shape index (κ3) is 2.60. The molecular weight excluding hydrogens is 229 g/mol. The van der Waals surface area contributed by atoms with Crippen molar-refractivity contribution >= 4 is 23.5 Å². The molecule has 0 nitrogen and oxygen atoms in total. The van der Waals surface area contributed by atoms with Crippen molar-refractivity contribution < 1.29 is 13.2 Å². The van der Waals surface area contributed by atoms with Gasteiger partial charge in [-0.1, -0.05) is 0 Å². The van der Waals surface area contributed by atoms with E-state index in [-0.39, 0.29) is 4.90 Å². The Balaban J connectivity index is 3.22. The van der Waals surface area contributed by atoms with Crippen LogP contribution in [0.4, 0.5) is 13.2 Å². The molecule has 0 saturated carbocycles. The largest absolute Gasteiger partial charge is 0.417 e. The molecule has 1 aromatic carbocycles. The first-order valence-corrected chi connectivity index (χ1v) is 6.23. The maximum Gasteiger partial charge on any atom is 0.417 e. The van der Waals surface area contributed by atoms with Gasteiger partial charge in [0.15, 0.2) is 0 Å². The standard InChI is InChI=1S/C9H9F3S2/c1-13-6-3-4-8(14-2)7(5-6)9(10,11)12/h3-5H,1-2H3. The van der Waals surface area contributed by atoms with Crippen molar-refractivity contribution in [2.75, 3.05) is 12.5 Å². The normalized spacial score (nSPS) is 11.8. The van der Waals surface area contributed by atoms with Crippen LogP contribution in [0.25, 0.3) is 0 Å². The number of thioether (sulfide) groups is 2. The summed E-state index contributed by atoms with van der Waals surface area (Å²) in [7, 11) is 0. The average molecular weight is 238 g/mol. The van der Waals surface area contributed by atoms with Crippen molar-refractivity contribution in [1.82, 2.24) is 0 Å². The molecule has 5 heteroatoms. The molecule has 0 aromatic heterocycles. The minimum Gasteiger partial charge on any atom is -0.166 e. The summed E-state index contributed by atoms with van der Waals surface area (Å²) in [6.45, 7) is 0. The molecule has 0 bridgehead atoms. The van der Waals surface area contributed by atoms with Gasteiger partial charge in [-0.25, -0.2) is 0 Å². The van der Waals surface area contributed by atoms with Crippen LogP contribution in [0.2, 0.25) is 0 Å². The summed E-state index contributed by atoms with van der Waals surface area (Å²) in [4.78, 5) is 0.908. The van der Waals surface area contributed by atoms with Crippen LogP contribution in [0.5, 0.6) is 0 Å². The molecule has 0 fully saturated rings. The minimum absolute atomic E-state index is 0.273. The topological polar surface area (TPSA) is 0 Å². The quantitative estimate of drug-likeness (QED) is 0.710. The summed E-state index contributed by atoms with van der Waals surface area (Å²) in [6, 6.07) is 4.40. The maximum absolute atomic E-state index is 12.5. The Kier molecular flexibility index (Phi) is 3.78. The van der Waals surface area contributed by atoms with Crippen molar-refractivity contribution in [3.05, 3.63) is 23.8 Å². The van der Waals surface area contributed by atoms with Crippen molar-refractivity contribution in [2.24, 2.45) is 0 Å². The molecule has 0 amide bonds. The van der Waals surface area contributed by atoms with E-state index >= 15 is 0 Å². The first-order valence-electron chi connectivity index (χ1n) is 3.78. The van der Waals surface area contributed by atoms with Gasteiger partial charge in [-0.2, -0.15) is 13.2 Å². The van der Waals surface area contributed by atoms with Gasteiger partial charge in [0, 0.05) is 9.79 Å². The highest BCUT2D eigenvalue weighted by Crippen LogP contribution is 2.37. The van der Waals surface area contributed by atoms with Gasteiger partial charge in [0.25, 0.3) is 0 Å². The Labute approximate surface area is 89.3 Å². The molecular formula is C9H9F3S2. The van der Waals surface area contributed by atoms with Gasteiger partial charge >= 0.3 is 6.18 Å². The van der Waals surface area contributed by atoms with Gasteiger partial charge < -0.3 is 0 Å². The van der Waals surface area contributed by atoms with Crippen LogP contribution in [0, 0.1) is 0 Å². The Morgan fingerprint density at radius 2 is 1.71 bits per heavy atom. The van der Waals surface area contributed by atoms with Crippen molar-refractivity contribution in [2.45, 2.75) is 16.0 Å². The number of halogens is 3. The van der Waals surface area contributed by atoms with Gasteiger partial charge in [0.2, 0.25) is 0 Å². The molecule has 1 aromatic rings. The summed E-state index contributed by atoms with van der Waals surface area (Å²) in [6.07, 6.45) is -0.859. The van der Waals surface area contributed by atoms with E-state index in [1.165, 1.54) is 23.9 Å². The van der Waals surface area contributed by atoms with Crippen LogP contribution in [-0.2, 0) is 6.18 Å². The average Bonchev–Trinajstić information content (AvgIpc) is 2.15. The first-order chi connectivity index (χ1) is 6.49. The number of benzene rings is 1. The van der Waals surface area contributed by atoms with Crippen LogP contribution in [0.15, 0.2) is 28.0 Å². The molecule has 0 saturated heterocycles. The highest BCUT2D eigenvalue weighted by Gasteiger charge is 2.33. The van der Waals surface area contributed by atoms with Crippen molar-refractivity contribution in [3.63, 3.8) is 0 Å². The van der Waals surface area contributed by atoms with Gasteiger partial charge in [0.1, 0.15) is 0 Å². The zero-order chi connectivity index (χ0) is 10.8. The Morgan fingerprint density at radius 3 is 2.14 bits per heavy atom. The Hall–Kier alpha value is -0.290. The SMILES string of the molecule is CSc1ccc(SC)c(C(F)(F)F)c1. The monoisotopic (exact) mass is 238 g/mol. The lowest BCUT2D eigenvalue weighted by Gasteiger charge is -2.12. The van der Waals surface area contributed by atoms with E-state index in [0.717, 1.165) is 11.8 Å². The second-order valence-corrected chi connectivity index (χ2v) is 4.29. The van der Waals surface area contributed by atoms with Crippen molar-refractivity contribution in [1.29, 1.82) is 0 Å². The van der Waals surface area contributed by atoms with Crippen LogP contribution in [-0.4, -0.2) is 12.5 Å². The molecule has 0 unspecified atom stereocenters. The molecule has 14 heavy (non-hydrogen) atoms. The molecule has 1 rings (SSSR count). The van der Waals surface area contributed by atoms with Gasteiger partial charge in [0.05, 0.1) is 5.56 Å². The second kappa shape index (κ2) is 4.49. The van der Waals surface area contributed by atoms with Crippen LogP contribution < -0.4 is 0 Å². The summed E-state index contributed by atoms with van der Waals surface area (Å²) < 4.78 is 37.6. The van der Waals surface area contributed by atoms with Gasteiger partial charge in [-0.3, -0.25) is 0 Å². The zero-order valence-electron chi connectivity index (χ0n) is 7.68. The lowest BCUT2D eigenvalue weighted by Crippen LogP contribution is -2.06. The van der Waals surface area contributed by atoms with Crippen LogP contribution >= 0.6 is 23.5 Å². The van der Waals surface area contributed by atoms with E-state index in [0.29, 0.717) is 4.90 Å². The van der Waals surface area contributed by atoms with E-state index in [1.807, 2.05) is 0 Å². The molecule has 0 N–H and O–H groups in total. The summed E-state index contributed by atoms with van der Waals surface area (Å²) in [5.74, 6) is 0. The highest BCUT2D eigenvalue weighted by molar-refractivity contribution is 7.99. The van der Waals surface area contributed by atoms with E-state index in [2.05, 4.69) is 0 Å². The predicted octanol–water partition coefficient (Wildman–Crippen LogP) is 4.15. The molecule has 0 spiro atoms. The van der Waals surface area contributed by atoms with Crippen LogP contribution in [0.1, 0.15) is 5.56 Å². The fraction of sp³-hybridized carbons (Fsp3) is 0.333. The molecule has 0 atom stereocenters. The fourth-order valence-corrected chi connectivity index (χ4v) is 2.07. The third-order valence-corrected chi connectivity index (χ3v) is 3.23. The van der Waals surface area contributed by atoms with Crippen molar-refractivity contribution in [3.8, 4) is 0 Å². The molecule has 0 radical (unpaired) electrons. The number of hydrogen-bond donors (Lipinski definition) is 0. The minimum atomic E-state index is -4.26. The lowest BCUT2D eigenvalue weighted by molar-refractivity contribution is -0.139. The predicted molar refractivity (Wildman–Crippen MR) is 55.0 cm³/mol. The van der Waals surface area contributed by atoms with E-state index < -0.39 is 11.7 Å². The van der Waals surface area contributed by atoms with E-state index in [4.69, 9.17) is 0 Å². The first kappa shape index (κ1) is 11.8. The molecule has 0 heterocycles. The smallest absolute Gasteiger partial charge is 0.166 e. The lowest BCUT2D eigenvalue weighted by atomic mass is 10.2. The summed E-state index contributed by atoms with van der Waals surface area (Å²) >= 11 is 2.42. The summed E-state index contributed by atoms with van der Waals surface area (Å²) in [5, 5.41) is 0. The Morgan fingerprint density at radius 1 is 1.07 bits per heavy atom. The fourth-order valence-electron chi connectivity index (χ4n) is 1.04. The maximum atomic E-state index is 12.5.